The summed E-state index contributed by atoms with van der Waals surface area (Å²) in [5.74, 6) is -2.26. The van der Waals surface area contributed by atoms with Crippen molar-refractivity contribution in [1.29, 1.82) is 0 Å². The number of aliphatic carboxylic acids is 3. The van der Waals surface area contributed by atoms with Gasteiger partial charge < -0.3 is 15.3 Å². The average Bonchev–Trinajstić information content (AvgIpc) is 2.75. The third kappa shape index (κ3) is 32.6. The van der Waals surface area contributed by atoms with Crippen LogP contribution in [-0.4, -0.2) is 43.0 Å². The first-order chi connectivity index (χ1) is 15.9. The molecule has 0 spiro atoms. The van der Waals surface area contributed by atoms with E-state index in [-0.39, 0.29) is 17.8 Å². The standard InChI is InChI=1S/3C8H16O2.HO3P/c3*1-3-5-6-7(4-2)8(9)10;1-4(2)3/h3*7H,3-6H2,1-2H3,(H,9,10);(H-,1,2,3)/p+1. The highest BCUT2D eigenvalue weighted by molar-refractivity contribution is 7.30. The molecule has 0 amide bonds. The Balaban J connectivity index is -0.000000184. The fourth-order valence-electron chi connectivity index (χ4n) is 2.86. The Kier molecular flexibility index (Phi) is 34.3. The third-order valence-electron chi connectivity index (χ3n) is 5.24. The highest BCUT2D eigenvalue weighted by Crippen LogP contribution is 2.13. The second kappa shape index (κ2) is 29.5. The maximum atomic E-state index is 10.4. The van der Waals surface area contributed by atoms with Crippen molar-refractivity contribution < 1.29 is 44.1 Å². The van der Waals surface area contributed by atoms with E-state index in [1.165, 1.54) is 0 Å². The first-order valence-electron chi connectivity index (χ1n) is 12.4. The molecule has 3 atom stereocenters. The van der Waals surface area contributed by atoms with Crippen molar-refractivity contribution in [2.24, 2.45) is 17.8 Å². The first-order valence-corrected chi connectivity index (χ1v) is 13.6. The zero-order chi connectivity index (χ0) is 27.5. The van der Waals surface area contributed by atoms with Crippen LogP contribution in [0.5, 0.6) is 0 Å². The van der Waals surface area contributed by atoms with E-state index in [0.29, 0.717) is 0 Å². The van der Waals surface area contributed by atoms with Crippen LogP contribution in [0.1, 0.15) is 119 Å². The summed E-state index contributed by atoms with van der Waals surface area (Å²) in [6.45, 7) is 12.0. The lowest BCUT2D eigenvalue weighted by molar-refractivity contribution is -0.143. The number of rotatable bonds is 15. The van der Waals surface area contributed by atoms with Crippen LogP contribution in [0.2, 0.25) is 0 Å². The molecule has 0 aliphatic heterocycles. The number of carboxylic acids is 3. The molecule has 10 heteroatoms. The monoisotopic (exact) mass is 513 g/mol. The van der Waals surface area contributed by atoms with Gasteiger partial charge >= 0.3 is 26.2 Å². The van der Waals surface area contributed by atoms with Crippen LogP contribution in [-0.2, 0) is 18.9 Å². The minimum Gasteiger partial charge on any atom is -0.481 e. The van der Waals surface area contributed by atoms with Crippen molar-refractivity contribution in [3.8, 4) is 0 Å². The lowest BCUT2D eigenvalue weighted by atomic mass is 10.00. The molecule has 0 saturated carbocycles. The normalized spacial score (nSPS) is 12.2. The van der Waals surface area contributed by atoms with Gasteiger partial charge in [-0.1, -0.05) is 80.1 Å². The molecule has 0 aliphatic carbocycles. The Hall–Kier alpha value is -1.57. The number of carboxylic acid groups (broad SMARTS) is 3. The summed E-state index contributed by atoms with van der Waals surface area (Å²) < 4.78 is 8.70. The summed E-state index contributed by atoms with van der Waals surface area (Å²) in [4.78, 5) is 45.5. The van der Waals surface area contributed by atoms with Crippen LogP contribution in [0.25, 0.3) is 0 Å². The maximum Gasteiger partial charge on any atom is 0.692 e. The molecule has 0 aromatic heterocycles. The van der Waals surface area contributed by atoms with E-state index in [0.717, 1.165) is 77.0 Å². The van der Waals surface area contributed by atoms with Gasteiger partial charge in [-0.15, -0.1) is 9.79 Å². The Morgan fingerprint density at radius 2 is 0.735 bits per heavy atom. The van der Waals surface area contributed by atoms with E-state index in [1.807, 2.05) is 20.8 Å². The van der Waals surface area contributed by atoms with Crippen molar-refractivity contribution in [2.45, 2.75) is 119 Å². The lowest BCUT2D eigenvalue weighted by Crippen LogP contribution is -2.11. The summed E-state index contributed by atoms with van der Waals surface area (Å²) >= 11 is 0. The summed E-state index contributed by atoms with van der Waals surface area (Å²) in [6.07, 6.45) is 11.1. The van der Waals surface area contributed by atoms with E-state index < -0.39 is 26.2 Å². The first kappa shape index (κ1) is 39.6. The molecule has 9 nitrogen and oxygen atoms in total. The fourth-order valence-corrected chi connectivity index (χ4v) is 2.86. The third-order valence-corrected chi connectivity index (χ3v) is 5.24. The average molecular weight is 514 g/mol. The minimum atomic E-state index is -2.87. The van der Waals surface area contributed by atoms with Gasteiger partial charge in [-0.25, -0.2) is 0 Å². The van der Waals surface area contributed by atoms with Crippen molar-refractivity contribution in [3.63, 3.8) is 0 Å². The summed E-state index contributed by atoms with van der Waals surface area (Å²) in [5.41, 5.74) is 0. The fraction of sp³-hybridized carbons (Fsp3) is 0.875. The van der Waals surface area contributed by atoms with Crippen molar-refractivity contribution in [1.82, 2.24) is 0 Å². The maximum absolute atomic E-state index is 10.4. The van der Waals surface area contributed by atoms with Crippen LogP contribution in [0.3, 0.4) is 0 Å². The van der Waals surface area contributed by atoms with Crippen LogP contribution in [0.4, 0.5) is 0 Å². The van der Waals surface area contributed by atoms with E-state index in [4.69, 9.17) is 29.7 Å². The quantitative estimate of drug-likeness (QED) is 0.154. The zero-order valence-electron chi connectivity index (χ0n) is 22.0. The predicted molar refractivity (Wildman–Crippen MR) is 135 cm³/mol. The molecule has 0 bridgehead atoms. The zero-order valence-corrected chi connectivity index (χ0v) is 22.9. The SMILES string of the molecule is CCCCC(CC)C(=O)O.CCCCC(CC)C(=O)O.CCCCC(CC)C(=O)O.O=[P+](O)O. The molecule has 3 unspecified atom stereocenters. The summed E-state index contributed by atoms with van der Waals surface area (Å²) in [6, 6.07) is 0. The Morgan fingerprint density at radius 3 is 0.824 bits per heavy atom. The molecule has 0 aliphatic rings. The molecule has 0 saturated heterocycles. The largest absolute Gasteiger partial charge is 0.692 e. The summed E-state index contributed by atoms with van der Waals surface area (Å²) in [5, 5.41) is 25.8. The van der Waals surface area contributed by atoms with Crippen LogP contribution in [0, 0.1) is 17.8 Å². The van der Waals surface area contributed by atoms with Crippen LogP contribution in [0.15, 0.2) is 0 Å². The van der Waals surface area contributed by atoms with Gasteiger partial charge in [0, 0.05) is 4.57 Å². The molecule has 204 valence electrons. The molecule has 5 N–H and O–H groups in total. The summed E-state index contributed by atoms with van der Waals surface area (Å²) in [7, 11) is -2.87. The number of hydrogen-bond acceptors (Lipinski definition) is 4. The van der Waals surface area contributed by atoms with Gasteiger partial charge in [-0.05, 0) is 38.5 Å². The molecular formula is C24H50O9P+. The van der Waals surface area contributed by atoms with E-state index in [2.05, 4.69) is 20.8 Å². The van der Waals surface area contributed by atoms with Gasteiger partial charge in [-0.2, -0.15) is 0 Å². The van der Waals surface area contributed by atoms with Gasteiger partial charge in [0.2, 0.25) is 0 Å². The van der Waals surface area contributed by atoms with Crippen molar-refractivity contribution in [2.75, 3.05) is 0 Å². The van der Waals surface area contributed by atoms with E-state index >= 15 is 0 Å². The van der Waals surface area contributed by atoms with Crippen molar-refractivity contribution >= 4 is 26.2 Å². The topological polar surface area (TPSA) is 169 Å². The van der Waals surface area contributed by atoms with Gasteiger partial charge in [0.05, 0.1) is 17.8 Å². The molecule has 0 fully saturated rings. The van der Waals surface area contributed by atoms with Gasteiger partial charge in [0.15, 0.2) is 0 Å². The van der Waals surface area contributed by atoms with Crippen LogP contribution < -0.4 is 0 Å². The number of hydrogen-bond donors (Lipinski definition) is 5. The molecule has 0 heterocycles. The predicted octanol–water partition coefficient (Wildman–Crippen LogP) is 6.49. The Labute approximate surface area is 206 Å². The van der Waals surface area contributed by atoms with Gasteiger partial charge in [0.1, 0.15) is 0 Å². The second-order valence-electron chi connectivity index (χ2n) is 8.01. The molecular weight excluding hydrogens is 463 g/mol. The molecule has 0 radical (unpaired) electrons. The minimum absolute atomic E-state index is 0.111. The van der Waals surface area contributed by atoms with Gasteiger partial charge in [0.25, 0.3) is 0 Å². The van der Waals surface area contributed by atoms with Crippen LogP contribution >= 0.6 is 8.25 Å². The molecule has 34 heavy (non-hydrogen) atoms. The van der Waals surface area contributed by atoms with Crippen molar-refractivity contribution in [3.05, 3.63) is 0 Å². The van der Waals surface area contributed by atoms with E-state index in [9.17, 15) is 14.4 Å². The number of unbranched alkanes of at least 4 members (excludes halogenated alkanes) is 3. The Morgan fingerprint density at radius 1 is 0.559 bits per heavy atom. The molecule has 0 aromatic carbocycles. The molecule has 0 rings (SSSR count). The van der Waals surface area contributed by atoms with E-state index in [1.54, 1.807) is 0 Å². The Bertz CT molecular complexity index is 447. The number of carbonyl (C=O) groups is 3. The highest BCUT2D eigenvalue weighted by atomic mass is 31.1. The highest BCUT2D eigenvalue weighted by Gasteiger charge is 2.14. The smallest absolute Gasteiger partial charge is 0.481 e. The van der Waals surface area contributed by atoms with Gasteiger partial charge in [-0.3, -0.25) is 14.4 Å². The molecule has 0 aromatic rings. The lowest BCUT2D eigenvalue weighted by Gasteiger charge is -2.06. The second-order valence-corrected chi connectivity index (χ2v) is 8.52.